The molecule has 6 nitrogen and oxygen atoms in total. The van der Waals surface area contributed by atoms with Crippen molar-refractivity contribution in [3.63, 3.8) is 0 Å². The molecule has 1 heterocycles. The molecule has 1 aromatic carbocycles. The largest absolute Gasteiger partial charge is 0.451 e. The molecule has 0 atom stereocenters. The third-order valence-electron chi connectivity index (χ3n) is 3.60. The summed E-state index contributed by atoms with van der Waals surface area (Å²) in [5.74, 6) is -1.58. The van der Waals surface area contributed by atoms with Crippen LogP contribution < -0.4 is 5.32 Å². The van der Waals surface area contributed by atoms with Gasteiger partial charge < -0.3 is 14.6 Å². The number of nitrogens with zero attached hydrogens (tertiary/aromatic N) is 1. The highest BCUT2D eigenvalue weighted by molar-refractivity contribution is 5.98. The van der Waals surface area contributed by atoms with Crippen molar-refractivity contribution in [2.75, 3.05) is 13.2 Å². The number of rotatable bonds is 7. The molecule has 0 fully saturated rings. The van der Waals surface area contributed by atoms with E-state index in [1.165, 1.54) is 35.9 Å². The molecular formula is C18H19FN2O4. The summed E-state index contributed by atoms with van der Waals surface area (Å²) in [5, 5.41) is 2.62. The van der Waals surface area contributed by atoms with Crippen LogP contribution >= 0.6 is 0 Å². The number of aromatic nitrogens is 1. The molecular weight excluding hydrogens is 327 g/mol. The maximum atomic E-state index is 12.8. The highest BCUT2D eigenvalue weighted by atomic mass is 19.1. The standard InChI is InChI=1S/C18H19FN2O4/c1-12(22)14-9-16(21(2)10-14)18(24)25-11-17(23)20-8-7-13-3-5-15(19)6-4-13/h3-6,9-10H,7-8,11H2,1-2H3,(H,20,23). The Morgan fingerprint density at radius 3 is 2.48 bits per heavy atom. The second-order valence-corrected chi connectivity index (χ2v) is 5.58. The molecule has 0 saturated carbocycles. The lowest BCUT2D eigenvalue weighted by atomic mass is 10.1. The predicted molar refractivity (Wildman–Crippen MR) is 88.8 cm³/mol. The second-order valence-electron chi connectivity index (χ2n) is 5.58. The Kier molecular flexibility index (Phi) is 6.05. The van der Waals surface area contributed by atoms with E-state index in [0.717, 1.165) is 5.56 Å². The minimum atomic E-state index is -0.677. The van der Waals surface area contributed by atoms with Gasteiger partial charge in [-0.1, -0.05) is 12.1 Å². The van der Waals surface area contributed by atoms with Crippen molar-refractivity contribution in [1.29, 1.82) is 0 Å². The van der Waals surface area contributed by atoms with E-state index in [0.29, 0.717) is 18.5 Å². The van der Waals surface area contributed by atoms with E-state index in [4.69, 9.17) is 4.74 Å². The van der Waals surface area contributed by atoms with Gasteiger partial charge in [-0.25, -0.2) is 9.18 Å². The first-order chi connectivity index (χ1) is 11.9. The molecule has 2 rings (SSSR count). The summed E-state index contributed by atoms with van der Waals surface area (Å²) in [4.78, 5) is 35.0. The molecule has 0 aliphatic rings. The number of halogens is 1. The summed E-state index contributed by atoms with van der Waals surface area (Å²) in [6.45, 7) is 1.34. The fraction of sp³-hybridized carbons (Fsp3) is 0.278. The second kappa shape index (κ2) is 8.23. The van der Waals surface area contributed by atoms with Crippen LogP contribution in [0.2, 0.25) is 0 Å². The first-order valence-corrected chi connectivity index (χ1v) is 7.72. The minimum Gasteiger partial charge on any atom is -0.451 e. The SMILES string of the molecule is CC(=O)c1cc(C(=O)OCC(=O)NCCc2ccc(F)cc2)n(C)c1. The number of esters is 1. The van der Waals surface area contributed by atoms with Gasteiger partial charge >= 0.3 is 5.97 Å². The maximum absolute atomic E-state index is 12.8. The van der Waals surface area contributed by atoms with Crippen LogP contribution in [0.25, 0.3) is 0 Å². The number of ketones is 1. The number of benzene rings is 1. The molecule has 0 radical (unpaired) electrons. The van der Waals surface area contributed by atoms with Gasteiger partial charge in [-0.3, -0.25) is 9.59 Å². The molecule has 0 unspecified atom stereocenters. The fourth-order valence-electron chi connectivity index (χ4n) is 2.21. The normalized spacial score (nSPS) is 10.4. The van der Waals surface area contributed by atoms with Crippen molar-refractivity contribution in [1.82, 2.24) is 9.88 Å². The van der Waals surface area contributed by atoms with Gasteiger partial charge in [0.2, 0.25) is 0 Å². The predicted octanol–water partition coefficient (Wildman–Crippen LogP) is 1.88. The number of aryl methyl sites for hydroxylation is 1. The molecule has 0 aliphatic carbocycles. The van der Waals surface area contributed by atoms with E-state index in [1.54, 1.807) is 19.2 Å². The van der Waals surface area contributed by atoms with Gasteiger partial charge in [-0.2, -0.15) is 0 Å². The lowest BCUT2D eigenvalue weighted by molar-refractivity contribution is -0.124. The Hall–Kier alpha value is -2.96. The van der Waals surface area contributed by atoms with Gasteiger partial charge in [-0.15, -0.1) is 0 Å². The number of nitrogens with one attached hydrogen (secondary N) is 1. The average molecular weight is 346 g/mol. The molecule has 25 heavy (non-hydrogen) atoms. The highest BCUT2D eigenvalue weighted by Gasteiger charge is 2.16. The number of carbonyl (C=O) groups excluding carboxylic acids is 3. The average Bonchev–Trinajstić information content (AvgIpc) is 2.97. The zero-order valence-electron chi connectivity index (χ0n) is 14.0. The summed E-state index contributed by atoms with van der Waals surface area (Å²) in [7, 11) is 1.62. The lowest BCUT2D eigenvalue weighted by Crippen LogP contribution is -2.30. The summed E-state index contributed by atoms with van der Waals surface area (Å²) in [5.41, 5.74) is 1.49. The van der Waals surface area contributed by atoms with Gasteiger partial charge in [0.05, 0.1) is 0 Å². The van der Waals surface area contributed by atoms with E-state index in [2.05, 4.69) is 5.32 Å². The van der Waals surface area contributed by atoms with Crippen LogP contribution in [-0.4, -0.2) is 35.4 Å². The lowest BCUT2D eigenvalue weighted by Gasteiger charge is -2.07. The maximum Gasteiger partial charge on any atom is 0.355 e. The van der Waals surface area contributed by atoms with E-state index in [9.17, 15) is 18.8 Å². The van der Waals surface area contributed by atoms with Crippen molar-refractivity contribution < 1.29 is 23.5 Å². The zero-order valence-corrected chi connectivity index (χ0v) is 14.0. The summed E-state index contributed by atoms with van der Waals surface area (Å²) < 4.78 is 19.2. The zero-order chi connectivity index (χ0) is 18.4. The smallest absolute Gasteiger partial charge is 0.355 e. The van der Waals surface area contributed by atoms with Crippen LogP contribution in [0, 0.1) is 5.82 Å². The molecule has 1 N–H and O–H groups in total. The van der Waals surface area contributed by atoms with Crippen LogP contribution in [0.3, 0.4) is 0 Å². The number of carbonyl (C=O) groups is 3. The minimum absolute atomic E-state index is 0.159. The quantitative estimate of drug-likeness (QED) is 0.613. The van der Waals surface area contributed by atoms with Crippen LogP contribution in [0.1, 0.15) is 33.3 Å². The number of Topliss-reactive ketones (excluding diaryl/α,β-unsaturated/α-hetero) is 1. The summed E-state index contributed by atoms with van der Waals surface area (Å²) in [6, 6.07) is 7.42. The third-order valence-corrected chi connectivity index (χ3v) is 3.60. The van der Waals surface area contributed by atoms with Crippen molar-refractivity contribution >= 4 is 17.7 Å². The van der Waals surface area contributed by atoms with Gasteiger partial charge in [0.1, 0.15) is 11.5 Å². The molecule has 2 aromatic rings. The van der Waals surface area contributed by atoms with E-state index in [-0.39, 0.29) is 17.3 Å². The molecule has 7 heteroatoms. The Morgan fingerprint density at radius 1 is 1.20 bits per heavy atom. The fourth-order valence-corrected chi connectivity index (χ4v) is 2.21. The Labute approximate surface area is 144 Å². The third kappa shape index (κ3) is 5.27. The van der Waals surface area contributed by atoms with Crippen LogP contribution in [0.5, 0.6) is 0 Å². The molecule has 1 amide bonds. The molecule has 132 valence electrons. The monoisotopic (exact) mass is 346 g/mol. The van der Waals surface area contributed by atoms with Gasteiger partial charge in [-0.05, 0) is 37.1 Å². The first-order valence-electron chi connectivity index (χ1n) is 7.72. The Balaban J connectivity index is 1.76. The van der Waals surface area contributed by atoms with Gasteiger partial charge in [0, 0.05) is 25.4 Å². The topological polar surface area (TPSA) is 77.4 Å². The van der Waals surface area contributed by atoms with Crippen molar-refractivity contribution in [3.8, 4) is 0 Å². The Bertz CT molecular complexity index is 781. The number of amides is 1. The molecule has 0 bridgehead atoms. The van der Waals surface area contributed by atoms with Crippen molar-refractivity contribution in [3.05, 3.63) is 59.2 Å². The van der Waals surface area contributed by atoms with E-state index >= 15 is 0 Å². The Morgan fingerprint density at radius 2 is 1.88 bits per heavy atom. The highest BCUT2D eigenvalue weighted by Crippen LogP contribution is 2.09. The van der Waals surface area contributed by atoms with Crippen molar-refractivity contribution in [2.45, 2.75) is 13.3 Å². The molecule has 0 saturated heterocycles. The van der Waals surface area contributed by atoms with Crippen LogP contribution in [0.15, 0.2) is 36.5 Å². The van der Waals surface area contributed by atoms with Gasteiger partial charge in [0.15, 0.2) is 12.4 Å². The van der Waals surface area contributed by atoms with Crippen LogP contribution in [0.4, 0.5) is 4.39 Å². The summed E-state index contributed by atoms with van der Waals surface area (Å²) in [6.07, 6.45) is 2.07. The first kappa shape index (κ1) is 18.4. The van der Waals surface area contributed by atoms with E-state index < -0.39 is 18.5 Å². The van der Waals surface area contributed by atoms with Crippen molar-refractivity contribution in [2.24, 2.45) is 7.05 Å². The number of hydrogen-bond donors (Lipinski definition) is 1. The number of hydrogen-bond acceptors (Lipinski definition) is 4. The van der Waals surface area contributed by atoms with E-state index in [1.807, 2.05) is 0 Å². The molecule has 0 spiro atoms. The van der Waals surface area contributed by atoms with Gasteiger partial charge in [0.25, 0.3) is 5.91 Å². The molecule has 1 aromatic heterocycles. The number of ether oxygens (including phenoxy) is 1. The summed E-state index contributed by atoms with van der Waals surface area (Å²) >= 11 is 0. The van der Waals surface area contributed by atoms with Crippen LogP contribution in [-0.2, 0) is 23.0 Å². The molecule has 0 aliphatic heterocycles.